The van der Waals surface area contributed by atoms with Crippen molar-refractivity contribution in [3.8, 4) is 11.5 Å². The van der Waals surface area contributed by atoms with Crippen LogP contribution in [0.3, 0.4) is 0 Å². The van der Waals surface area contributed by atoms with E-state index < -0.39 is 17.5 Å². The number of allylic oxidation sites excluding steroid dienone is 2. The highest BCUT2D eigenvalue weighted by molar-refractivity contribution is 6.09. The molecule has 2 heterocycles. The molecule has 0 bridgehead atoms. The topological polar surface area (TPSA) is 88.2 Å². The van der Waals surface area contributed by atoms with Gasteiger partial charge in [0.1, 0.15) is 12.1 Å². The Balaban J connectivity index is 1.36. The van der Waals surface area contributed by atoms with Crippen LogP contribution in [-0.4, -0.2) is 47.0 Å². The zero-order chi connectivity index (χ0) is 20.9. The van der Waals surface area contributed by atoms with E-state index in [1.54, 1.807) is 25.1 Å². The smallest absolute Gasteiger partial charge is 0.325 e. The van der Waals surface area contributed by atoms with Crippen molar-refractivity contribution >= 4 is 17.8 Å². The number of hydrogen-bond donors (Lipinski definition) is 1. The fourth-order valence-corrected chi connectivity index (χ4v) is 4.43. The van der Waals surface area contributed by atoms with Crippen molar-refractivity contribution in [2.24, 2.45) is 0 Å². The molecule has 2 aliphatic carbocycles. The van der Waals surface area contributed by atoms with Gasteiger partial charge in [-0.05, 0) is 63.1 Å². The molecule has 4 amide bonds. The Morgan fingerprint density at radius 2 is 2.03 bits per heavy atom. The highest BCUT2D eigenvalue weighted by atomic mass is 16.7. The number of carbonyl (C=O) groups excluding carboxylic acids is 3. The lowest BCUT2D eigenvalue weighted by molar-refractivity contribution is -0.138. The average Bonchev–Trinajstić information content (AvgIpc) is 3.41. The number of ether oxygens (including phenoxy) is 2. The van der Waals surface area contributed by atoms with E-state index in [0.717, 1.165) is 49.1 Å². The largest absolute Gasteiger partial charge is 0.454 e. The van der Waals surface area contributed by atoms with Crippen LogP contribution in [-0.2, 0) is 15.1 Å². The van der Waals surface area contributed by atoms with Gasteiger partial charge in [-0.15, -0.1) is 0 Å². The van der Waals surface area contributed by atoms with Gasteiger partial charge in [-0.2, -0.15) is 0 Å². The Bertz CT molecular complexity index is 954. The monoisotopic (exact) mass is 411 g/mol. The molecule has 0 radical (unpaired) electrons. The molecular formula is C22H25N3O5. The second kappa shape index (κ2) is 7.04. The fraction of sp³-hybridized carbons (Fsp3) is 0.500. The maximum atomic E-state index is 13.2. The standard InChI is InChI=1S/C22H25N3O5/c1-22(14-7-10-17-18(11-14)30-13-29-17)20(27)24(21(28)23-22)12-19(26)25(16-8-9-16)15-5-3-2-4-6-15/h5,7,10-11,16H,2-4,6,8-9,12-13H2,1H3,(H,23,28). The van der Waals surface area contributed by atoms with Crippen molar-refractivity contribution in [2.75, 3.05) is 13.3 Å². The van der Waals surface area contributed by atoms with Crippen LogP contribution in [0.15, 0.2) is 30.0 Å². The molecular weight excluding hydrogens is 386 g/mol. The summed E-state index contributed by atoms with van der Waals surface area (Å²) in [6.45, 7) is 1.53. The van der Waals surface area contributed by atoms with E-state index in [0.29, 0.717) is 17.1 Å². The van der Waals surface area contributed by atoms with E-state index in [1.807, 2.05) is 4.90 Å². The van der Waals surface area contributed by atoms with E-state index in [9.17, 15) is 14.4 Å². The fourth-order valence-electron chi connectivity index (χ4n) is 4.43. The second-order valence-electron chi connectivity index (χ2n) is 8.45. The number of hydrogen-bond acceptors (Lipinski definition) is 5. The van der Waals surface area contributed by atoms with Gasteiger partial charge in [0.2, 0.25) is 12.7 Å². The van der Waals surface area contributed by atoms with E-state index in [1.165, 1.54) is 0 Å². The normalized spacial score (nSPS) is 25.2. The number of urea groups is 1. The summed E-state index contributed by atoms with van der Waals surface area (Å²) in [5.41, 5.74) is 0.376. The molecule has 1 saturated heterocycles. The molecule has 158 valence electrons. The average molecular weight is 411 g/mol. The Kier molecular flexibility index (Phi) is 4.45. The molecule has 1 saturated carbocycles. The van der Waals surface area contributed by atoms with E-state index in [4.69, 9.17) is 9.47 Å². The maximum absolute atomic E-state index is 13.2. The minimum atomic E-state index is -1.26. The molecule has 0 aromatic heterocycles. The summed E-state index contributed by atoms with van der Waals surface area (Å²) in [5.74, 6) is 0.513. The number of benzene rings is 1. The third-order valence-electron chi connectivity index (χ3n) is 6.28. The number of nitrogens with zero attached hydrogens (tertiary/aromatic N) is 2. The molecule has 2 aliphatic heterocycles. The first-order valence-corrected chi connectivity index (χ1v) is 10.5. The Morgan fingerprint density at radius 3 is 2.77 bits per heavy atom. The van der Waals surface area contributed by atoms with Crippen LogP contribution in [0.4, 0.5) is 4.79 Å². The molecule has 5 rings (SSSR count). The zero-order valence-electron chi connectivity index (χ0n) is 17.0. The van der Waals surface area contributed by atoms with Gasteiger partial charge in [0.05, 0.1) is 0 Å². The second-order valence-corrected chi connectivity index (χ2v) is 8.45. The molecule has 8 nitrogen and oxygen atoms in total. The number of fused-ring (bicyclic) bond motifs is 1. The van der Waals surface area contributed by atoms with Gasteiger partial charge in [-0.25, -0.2) is 4.79 Å². The summed E-state index contributed by atoms with van der Waals surface area (Å²) in [4.78, 5) is 41.9. The Labute approximate surface area is 174 Å². The number of amides is 4. The van der Waals surface area contributed by atoms with Gasteiger partial charge in [0.25, 0.3) is 5.91 Å². The predicted molar refractivity (Wildman–Crippen MR) is 107 cm³/mol. The summed E-state index contributed by atoms with van der Waals surface area (Å²) in [6, 6.07) is 4.81. The molecule has 1 unspecified atom stereocenters. The Hall–Kier alpha value is -3.03. The SMILES string of the molecule is CC1(c2ccc3c(c2)OCO3)NC(=O)N(CC(=O)N(C2=CCCCC2)C2CC2)C1=O. The van der Waals surface area contributed by atoms with Crippen LogP contribution in [0.2, 0.25) is 0 Å². The van der Waals surface area contributed by atoms with Gasteiger partial charge >= 0.3 is 6.03 Å². The van der Waals surface area contributed by atoms with E-state index >= 15 is 0 Å². The number of carbonyl (C=O) groups is 3. The first-order chi connectivity index (χ1) is 14.5. The molecule has 4 aliphatic rings. The van der Waals surface area contributed by atoms with Crippen molar-refractivity contribution in [3.63, 3.8) is 0 Å². The lowest BCUT2D eigenvalue weighted by Crippen LogP contribution is -2.45. The summed E-state index contributed by atoms with van der Waals surface area (Å²) < 4.78 is 10.7. The van der Waals surface area contributed by atoms with Gasteiger partial charge < -0.3 is 19.7 Å². The highest BCUT2D eigenvalue weighted by Gasteiger charge is 2.50. The number of nitrogens with one attached hydrogen (secondary N) is 1. The van der Waals surface area contributed by atoms with Crippen molar-refractivity contribution < 1.29 is 23.9 Å². The van der Waals surface area contributed by atoms with Gasteiger partial charge in [0.15, 0.2) is 11.5 Å². The van der Waals surface area contributed by atoms with Crippen LogP contribution in [0, 0.1) is 0 Å². The van der Waals surface area contributed by atoms with Gasteiger partial charge in [0, 0.05) is 11.7 Å². The van der Waals surface area contributed by atoms with E-state index in [-0.39, 0.29) is 25.3 Å². The van der Waals surface area contributed by atoms with Crippen LogP contribution in [0.5, 0.6) is 11.5 Å². The third kappa shape index (κ3) is 3.11. The van der Waals surface area contributed by atoms with E-state index in [2.05, 4.69) is 11.4 Å². The van der Waals surface area contributed by atoms with Gasteiger partial charge in [-0.1, -0.05) is 12.1 Å². The molecule has 30 heavy (non-hydrogen) atoms. The number of imide groups is 1. The number of rotatable bonds is 5. The Morgan fingerprint density at radius 1 is 1.23 bits per heavy atom. The van der Waals surface area contributed by atoms with Crippen LogP contribution in [0.1, 0.15) is 51.0 Å². The predicted octanol–water partition coefficient (Wildman–Crippen LogP) is 2.63. The summed E-state index contributed by atoms with van der Waals surface area (Å²) in [7, 11) is 0. The molecule has 2 fully saturated rings. The van der Waals surface area contributed by atoms with Crippen molar-refractivity contribution in [1.82, 2.24) is 15.1 Å². The third-order valence-corrected chi connectivity index (χ3v) is 6.28. The minimum Gasteiger partial charge on any atom is -0.454 e. The first kappa shape index (κ1) is 19.0. The molecule has 1 atom stereocenters. The van der Waals surface area contributed by atoms with Gasteiger partial charge in [-0.3, -0.25) is 14.5 Å². The highest BCUT2D eigenvalue weighted by Crippen LogP contribution is 2.38. The van der Waals surface area contributed by atoms with Crippen molar-refractivity contribution in [3.05, 3.63) is 35.5 Å². The first-order valence-electron chi connectivity index (χ1n) is 10.5. The molecule has 1 aromatic carbocycles. The maximum Gasteiger partial charge on any atom is 0.325 e. The molecule has 1 N–H and O–H groups in total. The lowest BCUT2D eigenvalue weighted by Gasteiger charge is -2.29. The quantitative estimate of drug-likeness (QED) is 0.753. The van der Waals surface area contributed by atoms with Crippen molar-refractivity contribution in [2.45, 2.75) is 57.0 Å². The molecule has 1 aromatic rings. The van der Waals surface area contributed by atoms with Crippen LogP contribution in [0.25, 0.3) is 0 Å². The minimum absolute atomic E-state index is 0.128. The summed E-state index contributed by atoms with van der Waals surface area (Å²) in [6.07, 6.45) is 8.11. The lowest BCUT2D eigenvalue weighted by atomic mass is 9.91. The van der Waals surface area contributed by atoms with Crippen LogP contribution < -0.4 is 14.8 Å². The molecule has 0 spiro atoms. The zero-order valence-corrected chi connectivity index (χ0v) is 17.0. The summed E-state index contributed by atoms with van der Waals surface area (Å²) >= 11 is 0. The van der Waals surface area contributed by atoms with Crippen LogP contribution >= 0.6 is 0 Å². The summed E-state index contributed by atoms with van der Waals surface area (Å²) in [5, 5.41) is 2.76. The molecule has 8 heteroatoms. The van der Waals surface area contributed by atoms with Crippen molar-refractivity contribution in [1.29, 1.82) is 0 Å².